The SMILES string of the molecule is Cc1cn2c(C=CC(=O)c3ccc[nH]3)c(-c3ccc(Cl)c([N+](=O)[O-])c3)nc2s1. The van der Waals surface area contributed by atoms with E-state index in [0.717, 1.165) is 9.84 Å². The highest BCUT2D eigenvalue weighted by molar-refractivity contribution is 7.17. The van der Waals surface area contributed by atoms with Crippen LogP contribution in [0.15, 0.2) is 48.8 Å². The topological polar surface area (TPSA) is 93.3 Å². The summed E-state index contributed by atoms with van der Waals surface area (Å²) in [6.45, 7) is 1.96. The average Bonchev–Trinajstić information content (AvgIpc) is 3.36. The molecular weight excluding hydrogens is 400 g/mol. The molecule has 4 rings (SSSR count). The Morgan fingerprint density at radius 3 is 2.93 bits per heavy atom. The summed E-state index contributed by atoms with van der Waals surface area (Å²) in [4.78, 5) is 32.3. The molecule has 9 heteroatoms. The van der Waals surface area contributed by atoms with E-state index in [1.54, 1.807) is 30.5 Å². The molecular formula is C19H13ClN4O3S. The number of aromatic amines is 1. The largest absolute Gasteiger partial charge is 0.359 e. The van der Waals surface area contributed by atoms with E-state index in [1.807, 2.05) is 17.5 Å². The van der Waals surface area contributed by atoms with Crippen molar-refractivity contribution in [1.29, 1.82) is 0 Å². The van der Waals surface area contributed by atoms with Crippen molar-refractivity contribution in [2.45, 2.75) is 6.92 Å². The number of ketones is 1. The molecule has 0 spiro atoms. The molecule has 140 valence electrons. The fourth-order valence-corrected chi connectivity index (χ4v) is 3.89. The number of rotatable bonds is 5. The van der Waals surface area contributed by atoms with Crippen molar-refractivity contribution in [1.82, 2.24) is 14.4 Å². The summed E-state index contributed by atoms with van der Waals surface area (Å²) in [6.07, 6.45) is 6.72. The molecule has 0 aliphatic heterocycles. The third kappa shape index (κ3) is 3.23. The standard InChI is InChI=1S/C19H13ClN4O3S/c1-11-10-23-15(6-7-17(25)14-3-2-8-21-14)18(22-19(23)28-11)12-4-5-13(20)16(9-12)24(26)27/h2-10,21H,1H3. The lowest BCUT2D eigenvalue weighted by molar-refractivity contribution is -0.384. The predicted octanol–water partition coefficient (Wildman–Crippen LogP) is 5.16. The number of nitro groups is 1. The number of nitrogens with one attached hydrogen (secondary N) is 1. The van der Waals surface area contributed by atoms with Crippen LogP contribution in [-0.2, 0) is 0 Å². The molecule has 0 saturated heterocycles. The second kappa shape index (κ2) is 7.06. The van der Waals surface area contributed by atoms with Crippen LogP contribution in [0.1, 0.15) is 21.1 Å². The number of imidazole rings is 1. The second-order valence-corrected chi connectivity index (χ2v) is 7.67. The number of thiazole rings is 1. The number of benzene rings is 1. The number of carbonyl (C=O) groups is 1. The van der Waals surface area contributed by atoms with Gasteiger partial charge < -0.3 is 4.98 Å². The third-order valence-corrected chi connectivity index (χ3v) is 5.37. The quantitative estimate of drug-likeness (QED) is 0.212. The van der Waals surface area contributed by atoms with Gasteiger partial charge in [0.15, 0.2) is 4.96 Å². The van der Waals surface area contributed by atoms with Crippen molar-refractivity contribution < 1.29 is 9.72 Å². The molecule has 0 bridgehead atoms. The first-order valence-electron chi connectivity index (χ1n) is 8.22. The van der Waals surface area contributed by atoms with Gasteiger partial charge in [-0.1, -0.05) is 17.7 Å². The Hall–Kier alpha value is -3.23. The molecule has 0 radical (unpaired) electrons. The normalized spacial score (nSPS) is 11.5. The van der Waals surface area contributed by atoms with Crippen molar-refractivity contribution in [3.05, 3.63) is 80.2 Å². The van der Waals surface area contributed by atoms with Gasteiger partial charge in [-0.05, 0) is 37.3 Å². The number of nitrogens with zero attached hydrogens (tertiary/aromatic N) is 3. The van der Waals surface area contributed by atoms with Crippen LogP contribution in [0, 0.1) is 17.0 Å². The summed E-state index contributed by atoms with van der Waals surface area (Å²) < 4.78 is 1.87. The summed E-state index contributed by atoms with van der Waals surface area (Å²) in [5.74, 6) is -0.181. The molecule has 0 fully saturated rings. The number of allylic oxidation sites excluding steroid dienone is 1. The van der Waals surface area contributed by atoms with Crippen molar-refractivity contribution >= 4 is 45.4 Å². The maximum atomic E-state index is 12.3. The van der Waals surface area contributed by atoms with Crippen LogP contribution in [-0.4, -0.2) is 25.1 Å². The highest BCUT2D eigenvalue weighted by Gasteiger charge is 2.19. The van der Waals surface area contributed by atoms with E-state index in [1.165, 1.54) is 29.5 Å². The molecule has 3 heterocycles. The van der Waals surface area contributed by atoms with Crippen molar-refractivity contribution in [3.8, 4) is 11.3 Å². The van der Waals surface area contributed by atoms with Crippen LogP contribution in [0.25, 0.3) is 22.3 Å². The van der Waals surface area contributed by atoms with E-state index in [-0.39, 0.29) is 16.5 Å². The molecule has 0 aliphatic rings. The Kier molecular flexibility index (Phi) is 4.58. The highest BCUT2D eigenvalue weighted by atomic mass is 35.5. The molecule has 0 atom stereocenters. The van der Waals surface area contributed by atoms with E-state index in [9.17, 15) is 14.9 Å². The smallest absolute Gasteiger partial charge is 0.288 e. The van der Waals surface area contributed by atoms with Crippen LogP contribution in [0.2, 0.25) is 5.02 Å². The number of aryl methyl sites for hydroxylation is 1. The number of H-pyrrole nitrogens is 1. The number of halogens is 1. The number of nitro benzene ring substituents is 1. The van der Waals surface area contributed by atoms with Crippen molar-refractivity contribution in [2.24, 2.45) is 0 Å². The van der Waals surface area contributed by atoms with Gasteiger partial charge in [0, 0.05) is 28.9 Å². The van der Waals surface area contributed by atoms with Crippen LogP contribution >= 0.6 is 22.9 Å². The molecule has 0 saturated carbocycles. The zero-order valence-corrected chi connectivity index (χ0v) is 16.1. The molecule has 3 aromatic heterocycles. The Balaban J connectivity index is 1.84. The van der Waals surface area contributed by atoms with E-state index in [0.29, 0.717) is 22.6 Å². The van der Waals surface area contributed by atoms with E-state index in [2.05, 4.69) is 9.97 Å². The predicted molar refractivity (Wildman–Crippen MR) is 109 cm³/mol. The molecule has 0 aliphatic carbocycles. The van der Waals surface area contributed by atoms with Gasteiger partial charge in [-0.3, -0.25) is 19.3 Å². The summed E-state index contributed by atoms with van der Waals surface area (Å²) in [5, 5.41) is 11.3. The fraction of sp³-hybridized carbons (Fsp3) is 0.0526. The van der Waals surface area contributed by atoms with E-state index < -0.39 is 4.92 Å². The first-order valence-corrected chi connectivity index (χ1v) is 9.42. The minimum Gasteiger partial charge on any atom is -0.359 e. The number of fused-ring (bicyclic) bond motifs is 1. The van der Waals surface area contributed by atoms with Gasteiger partial charge in [-0.15, -0.1) is 11.3 Å². The molecule has 1 aromatic carbocycles. The summed E-state index contributed by atoms with van der Waals surface area (Å²) in [6, 6.07) is 7.99. The first-order chi connectivity index (χ1) is 13.4. The number of aromatic nitrogens is 3. The lowest BCUT2D eigenvalue weighted by Crippen LogP contribution is -1.95. The third-order valence-electron chi connectivity index (χ3n) is 4.15. The van der Waals surface area contributed by atoms with Crippen molar-refractivity contribution in [3.63, 3.8) is 0 Å². The minimum absolute atomic E-state index is 0.0598. The molecule has 0 unspecified atom stereocenters. The summed E-state index contributed by atoms with van der Waals surface area (Å²) in [7, 11) is 0. The molecule has 4 aromatic rings. The van der Waals surface area contributed by atoms with Crippen LogP contribution < -0.4 is 0 Å². The summed E-state index contributed by atoms with van der Waals surface area (Å²) in [5.41, 5.74) is 2.04. The van der Waals surface area contributed by atoms with Gasteiger partial charge in [0.1, 0.15) is 5.02 Å². The monoisotopic (exact) mass is 412 g/mol. The second-order valence-electron chi connectivity index (χ2n) is 6.04. The number of hydrogen-bond acceptors (Lipinski definition) is 5. The molecule has 7 nitrogen and oxygen atoms in total. The Morgan fingerprint density at radius 2 is 2.21 bits per heavy atom. The van der Waals surface area contributed by atoms with Gasteiger partial charge in [0.25, 0.3) is 5.69 Å². The van der Waals surface area contributed by atoms with Crippen LogP contribution in [0.5, 0.6) is 0 Å². The Labute approximate surface area is 168 Å². The van der Waals surface area contributed by atoms with Gasteiger partial charge in [0.05, 0.1) is 22.0 Å². The molecule has 0 amide bonds. The van der Waals surface area contributed by atoms with Gasteiger partial charge in [-0.2, -0.15) is 0 Å². The lowest BCUT2D eigenvalue weighted by atomic mass is 10.1. The maximum absolute atomic E-state index is 12.3. The van der Waals surface area contributed by atoms with Crippen LogP contribution in [0.4, 0.5) is 5.69 Å². The zero-order valence-electron chi connectivity index (χ0n) is 14.5. The van der Waals surface area contributed by atoms with Gasteiger partial charge in [-0.25, -0.2) is 4.98 Å². The van der Waals surface area contributed by atoms with E-state index >= 15 is 0 Å². The molecule has 1 N–H and O–H groups in total. The average molecular weight is 413 g/mol. The zero-order chi connectivity index (χ0) is 19.8. The number of carbonyl (C=O) groups excluding carboxylic acids is 1. The maximum Gasteiger partial charge on any atom is 0.288 e. The van der Waals surface area contributed by atoms with Gasteiger partial charge in [0.2, 0.25) is 5.78 Å². The Bertz CT molecular complexity index is 1240. The fourth-order valence-electron chi connectivity index (χ4n) is 2.87. The van der Waals surface area contributed by atoms with E-state index in [4.69, 9.17) is 11.6 Å². The van der Waals surface area contributed by atoms with Crippen LogP contribution in [0.3, 0.4) is 0 Å². The number of hydrogen-bond donors (Lipinski definition) is 1. The van der Waals surface area contributed by atoms with Crippen molar-refractivity contribution in [2.75, 3.05) is 0 Å². The minimum atomic E-state index is -0.529. The lowest BCUT2D eigenvalue weighted by Gasteiger charge is -2.02. The summed E-state index contributed by atoms with van der Waals surface area (Å²) >= 11 is 7.42. The molecule has 28 heavy (non-hydrogen) atoms. The Morgan fingerprint density at radius 1 is 1.39 bits per heavy atom. The van der Waals surface area contributed by atoms with Gasteiger partial charge >= 0.3 is 0 Å². The highest BCUT2D eigenvalue weighted by Crippen LogP contribution is 2.34. The first kappa shape index (κ1) is 18.1.